The molecule has 1 rings (SSSR count). The SMILES string of the molecule is Cc1ccc(Br)c(CCC(C)N)c1. The molecular weight excluding hydrogens is 226 g/mol. The summed E-state index contributed by atoms with van der Waals surface area (Å²) in [6, 6.07) is 6.71. The van der Waals surface area contributed by atoms with Gasteiger partial charge in [-0.15, -0.1) is 0 Å². The summed E-state index contributed by atoms with van der Waals surface area (Å²) in [5.41, 5.74) is 8.38. The molecule has 1 unspecified atom stereocenters. The van der Waals surface area contributed by atoms with Gasteiger partial charge < -0.3 is 5.73 Å². The molecule has 0 radical (unpaired) electrons. The maximum atomic E-state index is 5.71. The van der Waals surface area contributed by atoms with E-state index in [1.807, 2.05) is 6.92 Å². The van der Waals surface area contributed by atoms with Crippen molar-refractivity contribution in [2.75, 3.05) is 0 Å². The minimum absolute atomic E-state index is 0.285. The van der Waals surface area contributed by atoms with E-state index in [1.165, 1.54) is 15.6 Å². The minimum atomic E-state index is 0.285. The largest absolute Gasteiger partial charge is 0.328 e. The van der Waals surface area contributed by atoms with E-state index in [0.717, 1.165) is 12.8 Å². The van der Waals surface area contributed by atoms with Crippen molar-refractivity contribution in [3.05, 3.63) is 33.8 Å². The zero-order valence-electron chi connectivity index (χ0n) is 8.18. The highest BCUT2D eigenvalue weighted by atomic mass is 79.9. The average molecular weight is 242 g/mol. The van der Waals surface area contributed by atoms with E-state index < -0.39 is 0 Å². The predicted molar refractivity (Wildman–Crippen MR) is 60.8 cm³/mol. The van der Waals surface area contributed by atoms with Crippen LogP contribution in [0.1, 0.15) is 24.5 Å². The smallest absolute Gasteiger partial charge is 0.0207 e. The maximum Gasteiger partial charge on any atom is 0.0207 e. The van der Waals surface area contributed by atoms with E-state index in [1.54, 1.807) is 0 Å². The van der Waals surface area contributed by atoms with Crippen molar-refractivity contribution in [2.24, 2.45) is 5.73 Å². The Morgan fingerprint density at radius 3 is 2.77 bits per heavy atom. The molecule has 0 spiro atoms. The van der Waals surface area contributed by atoms with E-state index in [9.17, 15) is 0 Å². The Hall–Kier alpha value is -0.340. The van der Waals surface area contributed by atoms with Crippen LogP contribution in [0.4, 0.5) is 0 Å². The van der Waals surface area contributed by atoms with Crippen molar-refractivity contribution < 1.29 is 0 Å². The molecule has 2 heteroatoms. The molecule has 0 aliphatic rings. The second-order valence-corrected chi connectivity index (χ2v) is 4.47. The molecule has 0 amide bonds. The molecule has 0 aromatic heterocycles. The van der Waals surface area contributed by atoms with Gasteiger partial charge in [0.25, 0.3) is 0 Å². The average Bonchev–Trinajstić information content (AvgIpc) is 2.06. The van der Waals surface area contributed by atoms with Gasteiger partial charge in [0.2, 0.25) is 0 Å². The molecule has 0 bridgehead atoms. The molecule has 72 valence electrons. The standard InChI is InChI=1S/C11H16BrN/c1-8-3-6-11(12)10(7-8)5-4-9(2)13/h3,6-7,9H,4-5,13H2,1-2H3. The Bertz CT molecular complexity index is 281. The molecule has 1 aromatic rings. The van der Waals surface area contributed by atoms with Gasteiger partial charge >= 0.3 is 0 Å². The number of hydrogen-bond donors (Lipinski definition) is 1. The summed E-state index contributed by atoms with van der Waals surface area (Å²) in [4.78, 5) is 0. The second-order valence-electron chi connectivity index (χ2n) is 3.61. The number of hydrogen-bond acceptors (Lipinski definition) is 1. The molecule has 2 N–H and O–H groups in total. The summed E-state index contributed by atoms with van der Waals surface area (Å²) in [6.07, 6.45) is 2.10. The van der Waals surface area contributed by atoms with Crippen LogP contribution in [0.2, 0.25) is 0 Å². The van der Waals surface area contributed by atoms with Gasteiger partial charge in [-0.1, -0.05) is 33.6 Å². The summed E-state index contributed by atoms with van der Waals surface area (Å²) in [7, 11) is 0. The van der Waals surface area contributed by atoms with Crippen molar-refractivity contribution in [3.63, 3.8) is 0 Å². The fourth-order valence-corrected chi connectivity index (χ4v) is 1.72. The molecule has 0 saturated heterocycles. The Kier molecular flexibility index (Phi) is 3.94. The lowest BCUT2D eigenvalue weighted by molar-refractivity contribution is 0.665. The highest BCUT2D eigenvalue weighted by Gasteiger charge is 2.01. The highest BCUT2D eigenvalue weighted by molar-refractivity contribution is 9.10. The summed E-state index contributed by atoms with van der Waals surface area (Å²) in [5, 5.41) is 0. The third kappa shape index (κ3) is 3.49. The third-order valence-electron chi connectivity index (χ3n) is 2.07. The van der Waals surface area contributed by atoms with Crippen LogP contribution in [0.5, 0.6) is 0 Å². The molecular formula is C11H16BrN. The van der Waals surface area contributed by atoms with Crippen molar-refractivity contribution in [2.45, 2.75) is 32.7 Å². The fraction of sp³-hybridized carbons (Fsp3) is 0.455. The number of aryl methyl sites for hydroxylation is 2. The molecule has 0 aliphatic heterocycles. The zero-order valence-corrected chi connectivity index (χ0v) is 9.76. The van der Waals surface area contributed by atoms with Gasteiger partial charge in [0, 0.05) is 10.5 Å². The lowest BCUT2D eigenvalue weighted by Gasteiger charge is -2.07. The van der Waals surface area contributed by atoms with Crippen molar-refractivity contribution in [1.82, 2.24) is 0 Å². The summed E-state index contributed by atoms with van der Waals surface area (Å²) >= 11 is 3.54. The Labute approximate surface area is 88.5 Å². The van der Waals surface area contributed by atoms with Crippen LogP contribution in [-0.2, 0) is 6.42 Å². The lowest BCUT2D eigenvalue weighted by atomic mass is 10.0. The van der Waals surface area contributed by atoms with Gasteiger partial charge in [-0.25, -0.2) is 0 Å². The summed E-state index contributed by atoms with van der Waals surface area (Å²) in [6.45, 7) is 4.16. The van der Waals surface area contributed by atoms with E-state index in [0.29, 0.717) is 0 Å². The fourth-order valence-electron chi connectivity index (χ4n) is 1.28. The van der Waals surface area contributed by atoms with E-state index in [-0.39, 0.29) is 6.04 Å². The van der Waals surface area contributed by atoms with Gasteiger partial charge in [0.1, 0.15) is 0 Å². The normalized spacial score (nSPS) is 12.9. The van der Waals surface area contributed by atoms with Crippen LogP contribution in [0.25, 0.3) is 0 Å². The first-order chi connectivity index (χ1) is 6.09. The Morgan fingerprint density at radius 2 is 2.15 bits per heavy atom. The lowest BCUT2D eigenvalue weighted by Crippen LogP contribution is -2.15. The predicted octanol–water partition coefficient (Wildman–Crippen LogP) is 3.04. The minimum Gasteiger partial charge on any atom is -0.328 e. The van der Waals surface area contributed by atoms with Gasteiger partial charge in [0.15, 0.2) is 0 Å². The molecule has 1 nitrogen and oxygen atoms in total. The molecule has 0 aliphatic carbocycles. The van der Waals surface area contributed by atoms with Crippen molar-refractivity contribution in [1.29, 1.82) is 0 Å². The topological polar surface area (TPSA) is 26.0 Å². The number of nitrogens with two attached hydrogens (primary N) is 1. The zero-order chi connectivity index (χ0) is 9.84. The first kappa shape index (κ1) is 10.7. The second kappa shape index (κ2) is 4.77. The number of rotatable bonds is 3. The number of halogens is 1. The van der Waals surface area contributed by atoms with Gasteiger partial charge in [-0.3, -0.25) is 0 Å². The first-order valence-electron chi connectivity index (χ1n) is 4.60. The van der Waals surface area contributed by atoms with E-state index in [4.69, 9.17) is 5.73 Å². The van der Waals surface area contributed by atoms with Gasteiger partial charge in [-0.05, 0) is 38.3 Å². The van der Waals surface area contributed by atoms with Gasteiger partial charge in [0.05, 0.1) is 0 Å². The summed E-state index contributed by atoms with van der Waals surface area (Å²) < 4.78 is 1.19. The maximum absolute atomic E-state index is 5.71. The van der Waals surface area contributed by atoms with Crippen LogP contribution < -0.4 is 5.73 Å². The van der Waals surface area contributed by atoms with Crippen molar-refractivity contribution in [3.8, 4) is 0 Å². The third-order valence-corrected chi connectivity index (χ3v) is 2.84. The van der Waals surface area contributed by atoms with E-state index in [2.05, 4.69) is 41.1 Å². The molecule has 0 saturated carbocycles. The summed E-state index contributed by atoms with van der Waals surface area (Å²) in [5.74, 6) is 0. The van der Waals surface area contributed by atoms with Crippen LogP contribution in [0, 0.1) is 6.92 Å². The highest BCUT2D eigenvalue weighted by Crippen LogP contribution is 2.19. The Balaban J connectivity index is 2.70. The van der Waals surface area contributed by atoms with Crippen LogP contribution in [0.3, 0.4) is 0 Å². The van der Waals surface area contributed by atoms with Crippen molar-refractivity contribution >= 4 is 15.9 Å². The molecule has 1 atom stereocenters. The number of benzene rings is 1. The Morgan fingerprint density at radius 1 is 1.46 bits per heavy atom. The molecule has 1 aromatic carbocycles. The van der Waals surface area contributed by atoms with Crippen LogP contribution >= 0.6 is 15.9 Å². The van der Waals surface area contributed by atoms with Crippen LogP contribution in [0.15, 0.2) is 22.7 Å². The molecule has 0 fully saturated rings. The van der Waals surface area contributed by atoms with Gasteiger partial charge in [-0.2, -0.15) is 0 Å². The molecule has 13 heavy (non-hydrogen) atoms. The quantitative estimate of drug-likeness (QED) is 0.866. The monoisotopic (exact) mass is 241 g/mol. The van der Waals surface area contributed by atoms with E-state index >= 15 is 0 Å². The first-order valence-corrected chi connectivity index (χ1v) is 5.39. The van der Waals surface area contributed by atoms with Crippen LogP contribution in [-0.4, -0.2) is 6.04 Å². The molecule has 0 heterocycles.